The number of benzene rings is 2. The fourth-order valence-electron chi connectivity index (χ4n) is 4.24. The van der Waals surface area contributed by atoms with E-state index in [1.54, 1.807) is 0 Å². The first-order chi connectivity index (χ1) is 17.6. The van der Waals surface area contributed by atoms with Crippen molar-refractivity contribution in [3.63, 3.8) is 0 Å². The number of ether oxygens (including phenoxy) is 2. The van der Waals surface area contributed by atoms with E-state index in [4.69, 9.17) is 41.5 Å². The Morgan fingerprint density at radius 3 is 2.14 bits per heavy atom. The van der Waals surface area contributed by atoms with E-state index in [0.29, 0.717) is 5.02 Å². The molecule has 4 N–H and O–H groups in total. The van der Waals surface area contributed by atoms with Crippen LogP contribution in [0.4, 0.5) is 0 Å². The molecule has 0 radical (unpaired) electrons. The van der Waals surface area contributed by atoms with Gasteiger partial charge in [0.15, 0.2) is 17.1 Å². The molecule has 11 heteroatoms. The smallest absolute Gasteiger partial charge is 0.336 e. The molecular weight excluding hydrogens is 506 g/mol. The van der Waals surface area contributed by atoms with E-state index in [1.807, 2.05) is 42.5 Å². The number of piperidine rings is 1. The van der Waals surface area contributed by atoms with E-state index >= 15 is 0 Å². The summed E-state index contributed by atoms with van der Waals surface area (Å²) in [6.45, 7) is 3.45. The van der Waals surface area contributed by atoms with Gasteiger partial charge in [-0.15, -0.1) is 0 Å². The van der Waals surface area contributed by atoms with Gasteiger partial charge in [-0.1, -0.05) is 36.2 Å². The number of fused-ring (bicyclic) bond motifs is 2. The molecule has 4 rings (SSSR count). The lowest BCUT2D eigenvalue weighted by atomic mass is 9.96. The molecule has 0 aliphatic carbocycles. The standard InChI is InChI=1S/C20H22ClNO2.C6H8O7/c21-15-8-9-16-17(10-13-22-11-4-1-5-12-22)23-18-6-2-3-7-19(18)24-20(16)14-15;7-3(8)1-6(13,5(11)12)2-4(9)10/h2-3,6-9,14,17H,1,4-5,10-13H2;13H,1-2H2,(H,7,8)(H,9,10)(H,11,12). The van der Waals surface area contributed by atoms with Gasteiger partial charge in [-0.25, -0.2) is 4.79 Å². The van der Waals surface area contributed by atoms with Crippen molar-refractivity contribution >= 4 is 29.5 Å². The van der Waals surface area contributed by atoms with Gasteiger partial charge in [0.2, 0.25) is 0 Å². The lowest BCUT2D eigenvalue weighted by Crippen LogP contribution is -2.42. The number of nitrogens with zero attached hydrogens (tertiary/aromatic N) is 1. The zero-order valence-corrected chi connectivity index (χ0v) is 20.9. The summed E-state index contributed by atoms with van der Waals surface area (Å²) in [5, 5.41) is 34.5. The van der Waals surface area contributed by atoms with Crippen LogP contribution >= 0.6 is 11.6 Å². The Bertz CT molecular complexity index is 1100. The summed E-state index contributed by atoms with van der Waals surface area (Å²) >= 11 is 6.17. The normalized spacial score (nSPS) is 17.0. The Labute approximate surface area is 219 Å². The molecule has 2 aliphatic rings. The van der Waals surface area contributed by atoms with Crippen molar-refractivity contribution in [3.05, 3.63) is 53.1 Å². The highest BCUT2D eigenvalue weighted by molar-refractivity contribution is 6.30. The number of hydrogen-bond donors (Lipinski definition) is 4. The number of aliphatic carboxylic acids is 3. The van der Waals surface area contributed by atoms with Gasteiger partial charge in [-0.2, -0.15) is 0 Å². The maximum absolute atomic E-state index is 10.3. The summed E-state index contributed by atoms with van der Waals surface area (Å²) in [6.07, 6.45) is 2.63. The van der Waals surface area contributed by atoms with Crippen LogP contribution in [0.15, 0.2) is 42.5 Å². The van der Waals surface area contributed by atoms with Gasteiger partial charge in [0.1, 0.15) is 11.9 Å². The van der Waals surface area contributed by atoms with Gasteiger partial charge in [0.25, 0.3) is 0 Å². The Morgan fingerprint density at radius 2 is 1.54 bits per heavy atom. The van der Waals surface area contributed by atoms with Crippen molar-refractivity contribution in [2.45, 2.75) is 50.2 Å². The largest absolute Gasteiger partial charge is 0.482 e. The second-order valence-corrected chi connectivity index (χ2v) is 9.44. The molecule has 1 saturated heterocycles. The van der Waals surface area contributed by atoms with Crippen molar-refractivity contribution in [1.29, 1.82) is 0 Å². The average molecular weight is 536 g/mol. The lowest BCUT2D eigenvalue weighted by molar-refractivity contribution is -0.170. The zero-order chi connectivity index (χ0) is 27.0. The fraction of sp³-hybridized carbons (Fsp3) is 0.423. The van der Waals surface area contributed by atoms with Crippen molar-refractivity contribution in [2.75, 3.05) is 19.6 Å². The maximum atomic E-state index is 10.3. The van der Waals surface area contributed by atoms with Crippen molar-refractivity contribution < 1.29 is 44.3 Å². The highest BCUT2D eigenvalue weighted by atomic mass is 35.5. The monoisotopic (exact) mass is 535 g/mol. The van der Waals surface area contributed by atoms with E-state index in [2.05, 4.69) is 4.90 Å². The van der Waals surface area contributed by atoms with Crippen LogP contribution in [-0.4, -0.2) is 68.5 Å². The van der Waals surface area contributed by atoms with Crippen LogP contribution in [0.25, 0.3) is 0 Å². The fourth-order valence-corrected chi connectivity index (χ4v) is 4.40. The highest BCUT2D eigenvalue weighted by Gasteiger charge is 2.40. The summed E-state index contributed by atoms with van der Waals surface area (Å²) in [5.41, 5.74) is -1.66. The summed E-state index contributed by atoms with van der Waals surface area (Å²) in [6, 6.07) is 13.7. The second-order valence-electron chi connectivity index (χ2n) is 9.01. The first kappa shape index (κ1) is 28.2. The topological polar surface area (TPSA) is 154 Å². The molecular formula is C26H30ClNO9. The van der Waals surface area contributed by atoms with E-state index < -0.39 is 36.4 Å². The molecule has 37 heavy (non-hydrogen) atoms. The molecule has 2 aromatic rings. The number of likely N-dealkylation sites (tertiary alicyclic amines) is 1. The highest BCUT2D eigenvalue weighted by Crippen LogP contribution is 2.43. The maximum Gasteiger partial charge on any atom is 0.336 e. The number of halogens is 1. The van der Waals surface area contributed by atoms with Gasteiger partial charge in [0, 0.05) is 23.6 Å². The predicted molar refractivity (Wildman–Crippen MR) is 133 cm³/mol. The number of carboxylic acid groups (broad SMARTS) is 3. The first-order valence-electron chi connectivity index (χ1n) is 11.9. The van der Waals surface area contributed by atoms with Crippen LogP contribution in [0.2, 0.25) is 5.02 Å². The number of hydrogen-bond acceptors (Lipinski definition) is 7. The first-order valence-corrected chi connectivity index (χ1v) is 12.3. The summed E-state index contributed by atoms with van der Waals surface area (Å²) in [4.78, 5) is 33.0. The summed E-state index contributed by atoms with van der Waals surface area (Å²) in [5.74, 6) is -2.67. The Kier molecular flexibility index (Phi) is 9.73. The molecule has 1 fully saturated rings. The van der Waals surface area contributed by atoms with Crippen molar-refractivity contribution in [3.8, 4) is 17.2 Å². The number of rotatable bonds is 8. The van der Waals surface area contributed by atoms with Crippen molar-refractivity contribution in [2.24, 2.45) is 0 Å². The quantitative estimate of drug-likeness (QED) is 0.386. The van der Waals surface area contributed by atoms with E-state index in [9.17, 15) is 14.4 Å². The SMILES string of the molecule is Clc1ccc2c(c1)Oc1ccccc1OC2CCN1CCCCC1.O=C(O)CC(O)(CC(=O)O)C(=O)O. The minimum absolute atomic E-state index is 0.0113. The molecule has 0 amide bonds. The molecule has 1 unspecified atom stereocenters. The van der Waals surface area contributed by atoms with Gasteiger partial charge >= 0.3 is 17.9 Å². The molecule has 0 aromatic heterocycles. The van der Waals surface area contributed by atoms with Crippen LogP contribution in [0.5, 0.6) is 17.2 Å². The van der Waals surface area contributed by atoms with Crippen LogP contribution in [-0.2, 0) is 14.4 Å². The molecule has 2 heterocycles. The van der Waals surface area contributed by atoms with Gasteiger partial charge in [-0.3, -0.25) is 9.59 Å². The molecule has 2 aliphatic heterocycles. The zero-order valence-electron chi connectivity index (χ0n) is 20.1. The molecule has 0 saturated carbocycles. The third-order valence-corrected chi connectivity index (χ3v) is 6.34. The number of aliphatic hydroxyl groups is 1. The molecule has 2 aromatic carbocycles. The molecule has 1 atom stereocenters. The predicted octanol–water partition coefficient (Wildman–Crippen LogP) is 4.19. The Hall–Kier alpha value is -3.34. The molecule has 0 spiro atoms. The van der Waals surface area contributed by atoms with Crippen LogP contribution in [0.1, 0.15) is 50.2 Å². The summed E-state index contributed by atoms with van der Waals surface area (Å²) in [7, 11) is 0. The van der Waals surface area contributed by atoms with E-state index in [0.717, 1.165) is 35.8 Å². The minimum atomic E-state index is -2.74. The molecule has 200 valence electrons. The third-order valence-electron chi connectivity index (χ3n) is 6.10. The number of carbonyl (C=O) groups is 3. The molecule has 0 bridgehead atoms. The van der Waals surface area contributed by atoms with Crippen LogP contribution < -0.4 is 9.47 Å². The van der Waals surface area contributed by atoms with Gasteiger partial charge in [0.05, 0.1) is 12.8 Å². The van der Waals surface area contributed by atoms with Gasteiger partial charge in [-0.05, 0) is 50.2 Å². The number of para-hydroxylation sites is 2. The number of carboxylic acids is 3. The Balaban J connectivity index is 0.000000251. The Morgan fingerprint density at radius 1 is 0.919 bits per heavy atom. The second kappa shape index (κ2) is 12.8. The van der Waals surface area contributed by atoms with Crippen LogP contribution in [0.3, 0.4) is 0 Å². The molecule has 10 nitrogen and oxygen atoms in total. The van der Waals surface area contributed by atoms with Crippen molar-refractivity contribution in [1.82, 2.24) is 4.90 Å². The van der Waals surface area contributed by atoms with E-state index in [-0.39, 0.29) is 6.10 Å². The lowest BCUT2D eigenvalue weighted by Gasteiger charge is -2.28. The summed E-state index contributed by atoms with van der Waals surface area (Å²) < 4.78 is 12.4. The third kappa shape index (κ3) is 8.08. The average Bonchev–Trinajstić information content (AvgIpc) is 2.98. The van der Waals surface area contributed by atoms with Crippen LogP contribution in [0, 0.1) is 0 Å². The van der Waals surface area contributed by atoms with E-state index in [1.165, 1.54) is 32.4 Å². The van der Waals surface area contributed by atoms with Gasteiger partial charge < -0.3 is 34.8 Å². The minimum Gasteiger partial charge on any atom is -0.482 e.